The van der Waals surface area contributed by atoms with E-state index in [1.165, 1.54) is 32.4 Å². The standard InChI is InChI=1S/C10H15NO5.C8H10O6.C7H10O5/c1-11(2)6-7(10(14)16-4)8(12)5-9(13)15-3;1-13-7(11)3-6(10)5(4-9)8(12)14-2;1-11-6(9)3-5(8)4-7(10)12-2/h6H,5H2,1-4H3;4-5H,3H2,1-2H3;3-4H2,1-2H3/b7-6-;;. The van der Waals surface area contributed by atoms with Gasteiger partial charge in [-0.3, -0.25) is 38.4 Å². The monoisotopic (exact) mass is 605 g/mol. The molecule has 0 N–H and O–H groups in total. The summed E-state index contributed by atoms with van der Waals surface area (Å²) in [7, 11) is 10.1. The van der Waals surface area contributed by atoms with Crippen LogP contribution in [-0.4, -0.2) is 121 Å². The first-order valence-corrected chi connectivity index (χ1v) is 11.4. The molecule has 236 valence electrons. The molecule has 0 radical (unpaired) electrons. The first kappa shape index (κ1) is 41.5. The summed E-state index contributed by atoms with van der Waals surface area (Å²) in [4.78, 5) is 110. The van der Waals surface area contributed by atoms with Gasteiger partial charge in [-0.15, -0.1) is 0 Å². The third kappa shape index (κ3) is 20.0. The van der Waals surface area contributed by atoms with Crippen LogP contribution < -0.4 is 0 Å². The highest BCUT2D eigenvalue weighted by Gasteiger charge is 2.28. The summed E-state index contributed by atoms with van der Waals surface area (Å²) in [6.07, 6.45) is -0.425. The molecular formula is C25H35NO16. The Morgan fingerprint density at radius 2 is 1.00 bits per heavy atom. The Kier molecular flexibility index (Phi) is 23.6. The normalized spacial score (nSPS) is 10.3. The average Bonchev–Trinajstić information content (AvgIpc) is 2.95. The number of esters is 6. The molecule has 0 aliphatic rings. The number of hydrogen-bond donors (Lipinski definition) is 0. The Morgan fingerprint density at radius 1 is 0.595 bits per heavy atom. The highest BCUT2D eigenvalue weighted by Crippen LogP contribution is 2.05. The van der Waals surface area contributed by atoms with Crippen molar-refractivity contribution in [2.75, 3.05) is 56.8 Å². The summed E-state index contributed by atoms with van der Waals surface area (Å²) in [5, 5.41) is 0. The lowest BCUT2D eigenvalue weighted by molar-refractivity contribution is -0.153. The van der Waals surface area contributed by atoms with Gasteiger partial charge in [-0.05, 0) is 0 Å². The fraction of sp³-hybridized carbons (Fsp3) is 0.520. The molecular weight excluding hydrogens is 570 g/mol. The molecule has 42 heavy (non-hydrogen) atoms. The highest BCUT2D eigenvalue weighted by molar-refractivity contribution is 6.21. The van der Waals surface area contributed by atoms with E-state index in [2.05, 4.69) is 28.4 Å². The second-order valence-corrected chi connectivity index (χ2v) is 7.57. The summed E-state index contributed by atoms with van der Waals surface area (Å²) in [6.45, 7) is 0. The van der Waals surface area contributed by atoms with Crippen molar-refractivity contribution in [3.63, 3.8) is 0 Å². The Balaban J connectivity index is -0.000000549. The third-order valence-electron chi connectivity index (χ3n) is 4.25. The van der Waals surface area contributed by atoms with Crippen LogP contribution in [0, 0.1) is 5.92 Å². The third-order valence-corrected chi connectivity index (χ3v) is 4.25. The number of carbonyl (C=O) groups excluding carboxylic acids is 10. The van der Waals surface area contributed by atoms with Crippen LogP contribution >= 0.6 is 0 Å². The van der Waals surface area contributed by atoms with E-state index in [4.69, 9.17) is 0 Å². The van der Waals surface area contributed by atoms with E-state index in [0.29, 0.717) is 0 Å². The molecule has 0 spiro atoms. The highest BCUT2D eigenvalue weighted by atomic mass is 16.5. The lowest BCUT2D eigenvalue weighted by atomic mass is 10.0. The zero-order chi connectivity index (χ0) is 33.4. The molecule has 0 heterocycles. The molecule has 1 atom stereocenters. The number of carbonyl (C=O) groups is 10. The second kappa shape index (κ2) is 23.9. The molecule has 0 aromatic carbocycles. The molecule has 0 aliphatic carbocycles. The van der Waals surface area contributed by atoms with E-state index in [-0.39, 0.29) is 24.7 Å². The van der Waals surface area contributed by atoms with Crippen molar-refractivity contribution in [1.82, 2.24) is 4.90 Å². The summed E-state index contributed by atoms with van der Waals surface area (Å²) in [6, 6.07) is 0. The van der Waals surface area contributed by atoms with Gasteiger partial charge in [0, 0.05) is 20.3 Å². The van der Waals surface area contributed by atoms with Gasteiger partial charge in [-0.2, -0.15) is 0 Å². The van der Waals surface area contributed by atoms with Crippen molar-refractivity contribution in [3.05, 3.63) is 11.8 Å². The summed E-state index contributed by atoms with van der Waals surface area (Å²) in [5.74, 6) is -8.06. The number of hydrogen-bond acceptors (Lipinski definition) is 17. The topological polar surface area (TPSA) is 229 Å². The van der Waals surface area contributed by atoms with Crippen molar-refractivity contribution >= 4 is 59.5 Å². The number of rotatable bonds is 14. The lowest BCUT2D eigenvalue weighted by Crippen LogP contribution is -2.28. The first-order valence-electron chi connectivity index (χ1n) is 11.4. The zero-order valence-electron chi connectivity index (χ0n) is 24.5. The Bertz CT molecular complexity index is 1010. The van der Waals surface area contributed by atoms with Crippen LogP contribution in [-0.2, 0) is 76.4 Å². The minimum absolute atomic E-state index is 0.136. The quantitative estimate of drug-likeness (QED) is 0.0549. The predicted molar refractivity (Wildman–Crippen MR) is 137 cm³/mol. The summed E-state index contributed by atoms with van der Waals surface area (Å²) < 4.78 is 25.6. The number of Topliss-reactive ketones (excluding diaryl/α,β-unsaturated/α-hetero) is 3. The average molecular weight is 606 g/mol. The molecule has 0 saturated heterocycles. The molecule has 0 aliphatic heterocycles. The van der Waals surface area contributed by atoms with Crippen molar-refractivity contribution < 1.29 is 76.4 Å². The van der Waals surface area contributed by atoms with Crippen molar-refractivity contribution in [3.8, 4) is 0 Å². The number of ketones is 3. The van der Waals surface area contributed by atoms with Crippen LogP contribution in [0.5, 0.6) is 0 Å². The van der Waals surface area contributed by atoms with Crippen LogP contribution in [0.2, 0.25) is 0 Å². The number of methoxy groups -OCH3 is 6. The maximum atomic E-state index is 11.6. The Morgan fingerprint density at radius 3 is 1.33 bits per heavy atom. The largest absolute Gasteiger partial charge is 0.469 e. The fourth-order valence-electron chi connectivity index (χ4n) is 2.15. The first-order chi connectivity index (χ1) is 19.6. The van der Waals surface area contributed by atoms with Gasteiger partial charge in [0.15, 0.2) is 23.3 Å². The van der Waals surface area contributed by atoms with Gasteiger partial charge < -0.3 is 38.1 Å². The van der Waals surface area contributed by atoms with E-state index in [9.17, 15) is 47.9 Å². The number of ether oxygens (including phenoxy) is 6. The van der Waals surface area contributed by atoms with Gasteiger partial charge >= 0.3 is 35.8 Å². The Hall–Kier alpha value is -4.96. The van der Waals surface area contributed by atoms with E-state index in [0.717, 1.165) is 21.3 Å². The van der Waals surface area contributed by atoms with Crippen molar-refractivity contribution in [2.45, 2.75) is 25.7 Å². The van der Waals surface area contributed by atoms with E-state index < -0.39 is 71.9 Å². The van der Waals surface area contributed by atoms with Gasteiger partial charge in [-0.25, -0.2) is 4.79 Å². The van der Waals surface area contributed by atoms with Gasteiger partial charge in [0.1, 0.15) is 37.5 Å². The maximum Gasteiger partial charge on any atom is 0.343 e. The molecule has 0 aromatic heterocycles. The number of nitrogens with zero attached hydrogens (tertiary/aromatic N) is 1. The van der Waals surface area contributed by atoms with Gasteiger partial charge in [0.2, 0.25) is 0 Å². The minimum Gasteiger partial charge on any atom is -0.469 e. The van der Waals surface area contributed by atoms with Crippen LogP contribution in [0.15, 0.2) is 11.8 Å². The summed E-state index contributed by atoms with van der Waals surface area (Å²) >= 11 is 0. The predicted octanol–water partition coefficient (Wildman–Crippen LogP) is -1.47. The van der Waals surface area contributed by atoms with Gasteiger partial charge in [-0.1, -0.05) is 0 Å². The second-order valence-electron chi connectivity index (χ2n) is 7.57. The molecule has 0 saturated carbocycles. The van der Waals surface area contributed by atoms with Crippen LogP contribution in [0.4, 0.5) is 0 Å². The molecule has 0 bridgehead atoms. The molecule has 0 fully saturated rings. The minimum atomic E-state index is -1.54. The smallest absolute Gasteiger partial charge is 0.343 e. The van der Waals surface area contributed by atoms with Gasteiger partial charge in [0.05, 0.1) is 42.7 Å². The van der Waals surface area contributed by atoms with E-state index in [1.807, 2.05) is 0 Å². The molecule has 17 nitrogen and oxygen atoms in total. The SMILES string of the molecule is COC(=O)CC(=O)/C(=C/N(C)C)C(=O)OC.COC(=O)CC(=O)C(C=O)C(=O)OC.COC(=O)CC(=O)CC(=O)OC. The van der Waals surface area contributed by atoms with Crippen LogP contribution in [0.1, 0.15) is 25.7 Å². The van der Waals surface area contributed by atoms with E-state index >= 15 is 0 Å². The van der Waals surface area contributed by atoms with Crippen molar-refractivity contribution in [2.24, 2.45) is 5.92 Å². The molecule has 1 unspecified atom stereocenters. The summed E-state index contributed by atoms with van der Waals surface area (Å²) in [5.41, 5.74) is -0.182. The maximum absolute atomic E-state index is 11.6. The molecule has 0 amide bonds. The van der Waals surface area contributed by atoms with E-state index in [1.54, 1.807) is 14.1 Å². The molecule has 0 aromatic rings. The van der Waals surface area contributed by atoms with Crippen molar-refractivity contribution in [1.29, 1.82) is 0 Å². The number of aldehydes is 1. The zero-order valence-corrected chi connectivity index (χ0v) is 24.5. The molecule has 17 heteroatoms. The Labute approximate surface area is 241 Å². The van der Waals surface area contributed by atoms with Crippen LogP contribution in [0.3, 0.4) is 0 Å². The van der Waals surface area contributed by atoms with Crippen LogP contribution in [0.25, 0.3) is 0 Å². The lowest BCUT2D eigenvalue weighted by Gasteiger charge is -2.09. The fourth-order valence-corrected chi connectivity index (χ4v) is 2.15. The molecule has 0 rings (SSSR count). The van der Waals surface area contributed by atoms with Gasteiger partial charge in [0.25, 0.3) is 0 Å².